The minimum atomic E-state index is -0.958. The van der Waals surface area contributed by atoms with Gasteiger partial charge in [0.05, 0.1) is 18.2 Å². The molecule has 29 heavy (non-hydrogen) atoms. The van der Waals surface area contributed by atoms with E-state index in [1.165, 1.54) is 0 Å². The number of nitrogens with zero attached hydrogens (tertiary/aromatic N) is 1. The molecule has 2 aromatic carbocycles. The van der Waals surface area contributed by atoms with Crippen LogP contribution in [0.1, 0.15) is 45.2 Å². The van der Waals surface area contributed by atoms with Gasteiger partial charge in [-0.05, 0) is 51.5 Å². The van der Waals surface area contributed by atoms with Gasteiger partial charge < -0.3 is 9.47 Å². The van der Waals surface area contributed by atoms with E-state index in [9.17, 15) is 9.59 Å². The summed E-state index contributed by atoms with van der Waals surface area (Å²) in [6.45, 7) is 7.11. The van der Waals surface area contributed by atoms with Gasteiger partial charge in [0.25, 0.3) is 0 Å². The topological polar surface area (TPSA) is 55.8 Å². The number of benzene rings is 2. The van der Waals surface area contributed by atoms with E-state index in [1.54, 1.807) is 40.0 Å². The first-order valence-corrected chi connectivity index (χ1v) is 9.46. The summed E-state index contributed by atoms with van der Waals surface area (Å²) >= 11 is 0. The summed E-state index contributed by atoms with van der Waals surface area (Å²) in [6, 6.07) is 14.9. The molecule has 0 fully saturated rings. The van der Waals surface area contributed by atoms with Gasteiger partial charge in [-0.1, -0.05) is 36.1 Å². The van der Waals surface area contributed by atoms with Gasteiger partial charge in [0.2, 0.25) is 5.91 Å². The number of ether oxygens (including phenoxy) is 2. The van der Waals surface area contributed by atoms with E-state index in [0.29, 0.717) is 11.4 Å². The Balaban J connectivity index is 2.00. The average Bonchev–Trinajstić information content (AvgIpc) is 2.88. The first-order valence-electron chi connectivity index (χ1n) is 9.46. The average molecular weight is 391 g/mol. The van der Waals surface area contributed by atoms with Crippen LogP contribution >= 0.6 is 0 Å². The molecular formula is C24H25NO4. The van der Waals surface area contributed by atoms with E-state index in [-0.39, 0.29) is 12.3 Å². The lowest BCUT2D eigenvalue weighted by Crippen LogP contribution is -2.44. The third-order valence-corrected chi connectivity index (χ3v) is 4.74. The highest BCUT2D eigenvalue weighted by Gasteiger charge is 2.50. The number of fused-ring (bicyclic) bond motifs is 1. The summed E-state index contributed by atoms with van der Waals surface area (Å²) in [4.78, 5) is 27.3. The fourth-order valence-electron chi connectivity index (χ4n) is 3.27. The third kappa shape index (κ3) is 4.12. The molecule has 2 aromatic rings. The van der Waals surface area contributed by atoms with E-state index in [2.05, 4.69) is 11.8 Å². The minimum absolute atomic E-state index is 0.277. The van der Waals surface area contributed by atoms with Crippen molar-refractivity contribution in [2.24, 2.45) is 0 Å². The SMILES string of the molecule is COc1ccc2c(c1)N(C(=O)OC(C)(C)C)C(=O)[C@@]2(C)CC#Cc1ccccc1. The number of rotatable bonds is 2. The van der Waals surface area contributed by atoms with Crippen LogP contribution in [0.2, 0.25) is 0 Å². The predicted molar refractivity (Wildman–Crippen MR) is 112 cm³/mol. The van der Waals surface area contributed by atoms with Crippen LogP contribution in [-0.4, -0.2) is 24.7 Å². The molecule has 0 radical (unpaired) electrons. The van der Waals surface area contributed by atoms with Gasteiger partial charge in [0.1, 0.15) is 11.4 Å². The molecule has 5 heteroatoms. The Morgan fingerprint density at radius 3 is 2.45 bits per heavy atom. The Morgan fingerprint density at radius 2 is 1.83 bits per heavy atom. The fraction of sp³-hybridized carbons (Fsp3) is 0.333. The molecule has 150 valence electrons. The van der Waals surface area contributed by atoms with Crippen molar-refractivity contribution in [2.45, 2.75) is 45.1 Å². The summed E-state index contributed by atoms with van der Waals surface area (Å²) in [5, 5.41) is 0. The molecule has 0 aliphatic carbocycles. The van der Waals surface area contributed by atoms with Crippen molar-refractivity contribution in [3.8, 4) is 17.6 Å². The van der Waals surface area contributed by atoms with Gasteiger partial charge in [0, 0.05) is 18.1 Å². The van der Waals surface area contributed by atoms with Gasteiger partial charge in [-0.25, -0.2) is 9.69 Å². The van der Waals surface area contributed by atoms with Crippen molar-refractivity contribution in [1.82, 2.24) is 0 Å². The molecule has 1 aliphatic rings. The van der Waals surface area contributed by atoms with Crippen LogP contribution < -0.4 is 9.64 Å². The smallest absolute Gasteiger partial charge is 0.421 e. The molecule has 2 amide bonds. The highest BCUT2D eigenvalue weighted by molar-refractivity contribution is 6.21. The Kier molecular flexibility index (Phi) is 5.39. The molecule has 0 bridgehead atoms. The molecule has 1 heterocycles. The summed E-state index contributed by atoms with van der Waals surface area (Å²) in [7, 11) is 1.54. The lowest BCUT2D eigenvalue weighted by atomic mass is 9.81. The molecule has 3 rings (SSSR count). The molecule has 0 saturated carbocycles. The number of carbonyl (C=O) groups excluding carboxylic acids is 2. The standard InChI is InChI=1S/C24H25NO4/c1-23(2,3)29-22(27)25-20-16-18(28-5)13-14-19(20)24(4,21(25)26)15-9-12-17-10-7-6-8-11-17/h6-8,10-11,13-14,16H,15H2,1-5H3/t24-/m0/s1. The maximum atomic E-state index is 13.4. The number of anilines is 1. The highest BCUT2D eigenvalue weighted by Crippen LogP contribution is 2.45. The van der Waals surface area contributed by atoms with E-state index >= 15 is 0 Å². The maximum Gasteiger partial charge on any atom is 0.421 e. The van der Waals surface area contributed by atoms with Gasteiger partial charge in [0.15, 0.2) is 0 Å². The molecule has 0 spiro atoms. The second-order valence-electron chi connectivity index (χ2n) is 8.18. The van der Waals surface area contributed by atoms with Crippen LogP contribution in [-0.2, 0) is 14.9 Å². The monoisotopic (exact) mass is 391 g/mol. The van der Waals surface area contributed by atoms with Crippen molar-refractivity contribution in [1.29, 1.82) is 0 Å². The third-order valence-electron chi connectivity index (χ3n) is 4.74. The zero-order valence-corrected chi connectivity index (χ0v) is 17.4. The van der Waals surface area contributed by atoms with E-state index in [0.717, 1.165) is 16.0 Å². The molecule has 0 N–H and O–H groups in total. The predicted octanol–water partition coefficient (Wildman–Crippen LogP) is 4.68. The lowest BCUT2D eigenvalue weighted by molar-refractivity contribution is -0.122. The van der Waals surface area contributed by atoms with E-state index in [1.807, 2.05) is 43.3 Å². The Hall–Kier alpha value is -3.26. The van der Waals surface area contributed by atoms with Gasteiger partial charge in [-0.2, -0.15) is 0 Å². The number of carbonyl (C=O) groups is 2. The minimum Gasteiger partial charge on any atom is -0.497 e. The summed E-state index contributed by atoms with van der Waals surface area (Å²) in [5.74, 6) is 6.41. The summed E-state index contributed by atoms with van der Waals surface area (Å²) in [5.41, 5.74) is 0.410. The molecule has 0 saturated heterocycles. The van der Waals surface area contributed by atoms with Crippen LogP contribution in [0.4, 0.5) is 10.5 Å². The van der Waals surface area contributed by atoms with Gasteiger partial charge >= 0.3 is 6.09 Å². The van der Waals surface area contributed by atoms with Crippen LogP contribution in [0, 0.1) is 11.8 Å². The summed E-state index contributed by atoms with van der Waals surface area (Å²) in [6.07, 6.45) is -0.420. The van der Waals surface area contributed by atoms with Crippen molar-refractivity contribution >= 4 is 17.7 Å². The first kappa shape index (κ1) is 20.5. The van der Waals surface area contributed by atoms with Gasteiger partial charge in [-0.3, -0.25) is 4.79 Å². The second-order valence-corrected chi connectivity index (χ2v) is 8.18. The summed E-state index contributed by atoms with van der Waals surface area (Å²) < 4.78 is 10.8. The molecule has 0 unspecified atom stereocenters. The normalized spacial score (nSPS) is 18.0. The zero-order valence-electron chi connectivity index (χ0n) is 17.4. The molecule has 1 atom stereocenters. The van der Waals surface area contributed by atoms with Crippen molar-refractivity contribution in [3.05, 3.63) is 59.7 Å². The maximum absolute atomic E-state index is 13.4. The number of amides is 2. The quantitative estimate of drug-likeness (QED) is 0.698. The van der Waals surface area contributed by atoms with Crippen LogP contribution in [0.25, 0.3) is 0 Å². The number of methoxy groups -OCH3 is 1. The zero-order chi connectivity index (χ0) is 21.2. The molecule has 0 aromatic heterocycles. The number of imide groups is 1. The molecular weight excluding hydrogens is 366 g/mol. The van der Waals surface area contributed by atoms with Gasteiger partial charge in [-0.15, -0.1) is 0 Å². The lowest BCUT2D eigenvalue weighted by Gasteiger charge is -2.25. The Bertz CT molecular complexity index is 995. The molecule has 1 aliphatic heterocycles. The number of hydrogen-bond acceptors (Lipinski definition) is 4. The fourth-order valence-corrected chi connectivity index (χ4v) is 3.27. The van der Waals surface area contributed by atoms with Crippen LogP contribution in [0.5, 0.6) is 5.75 Å². The van der Waals surface area contributed by atoms with Crippen molar-refractivity contribution < 1.29 is 19.1 Å². The second kappa shape index (κ2) is 7.63. The van der Waals surface area contributed by atoms with E-state index < -0.39 is 17.1 Å². The van der Waals surface area contributed by atoms with Crippen LogP contribution in [0.15, 0.2) is 48.5 Å². The van der Waals surface area contributed by atoms with Crippen molar-refractivity contribution in [2.75, 3.05) is 12.0 Å². The Labute approximate surface area is 171 Å². The molecule has 5 nitrogen and oxygen atoms in total. The van der Waals surface area contributed by atoms with E-state index in [4.69, 9.17) is 9.47 Å². The largest absolute Gasteiger partial charge is 0.497 e. The Morgan fingerprint density at radius 1 is 1.14 bits per heavy atom. The van der Waals surface area contributed by atoms with Crippen molar-refractivity contribution in [3.63, 3.8) is 0 Å². The first-order chi connectivity index (χ1) is 13.7. The number of hydrogen-bond donors (Lipinski definition) is 0. The highest BCUT2D eigenvalue weighted by atomic mass is 16.6. The van der Waals surface area contributed by atoms with Crippen LogP contribution in [0.3, 0.4) is 0 Å².